The van der Waals surface area contributed by atoms with E-state index in [-0.39, 0.29) is 39.3 Å². The zero-order valence-corrected chi connectivity index (χ0v) is 13.4. The van der Waals surface area contributed by atoms with E-state index in [2.05, 4.69) is 0 Å². The van der Waals surface area contributed by atoms with Gasteiger partial charge < -0.3 is 24.9 Å². The molecule has 8 nitrogen and oxygen atoms in total. The largest absolute Gasteiger partial charge is 0.595 e. The first-order valence-corrected chi connectivity index (χ1v) is 7.20. The van der Waals surface area contributed by atoms with Gasteiger partial charge in [0.2, 0.25) is 0 Å². The third-order valence-electron chi connectivity index (χ3n) is 3.98. The summed E-state index contributed by atoms with van der Waals surface area (Å²) in [6.45, 7) is 0. The molecule has 3 rings (SSSR count). The molecule has 1 unspecified atom stereocenters. The van der Waals surface area contributed by atoms with Crippen LogP contribution in [0.3, 0.4) is 0 Å². The van der Waals surface area contributed by atoms with Gasteiger partial charge in [-0.25, -0.2) is 10.0 Å². The minimum absolute atomic E-state index is 0.00125. The summed E-state index contributed by atoms with van der Waals surface area (Å²) in [4.78, 5) is 12.1. The number of hydrogen-bond donors (Lipinski definition) is 4. The number of quaternary nitrogens is 1. The highest BCUT2D eigenvalue weighted by atomic mass is 16.8. The molecular weight excluding hydrogens is 330 g/mol. The van der Waals surface area contributed by atoms with Gasteiger partial charge in [0.25, 0.3) is 0 Å². The topological polar surface area (TPSA) is 124 Å². The van der Waals surface area contributed by atoms with Gasteiger partial charge in [0.05, 0.1) is 25.2 Å². The Labute approximate surface area is 141 Å². The molecule has 4 N–H and O–H groups in total. The number of rotatable bonds is 3. The lowest BCUT2D eigenvalue weighted by Crippen LogP contribution is -2.99. The van der Waals surface area contributed by atoms with Crippen LogP contribution in [0.2, 0.25) is 0 Å². The second-order valence-electron chi connectivity index (χ2n) is 5.35. The number of benzene rings is 3. The van der Waals surface area contributed by atoms with Gasteiger partial charge >= 0.3 is 5.97 Å². The lowest BCUT2D eigenvalue weighted by atomic mass is 9.95. The molecule has 130 valence electrons. The molecule has 8 heteroatoms. The van der Waals surface area contributed by atoms with E-state index in [4.69, 9.17) is 9.47 Å². The van der Waals surface area contributed by atoms with E-state index in [1.165, 1.54) is 31.4 Å². The highest BCUT2D eigenvalue weighted by Crippen LogP contribution is 2.44. The van der Waals surface area contributed by atoms with Crippen LogP contribution in [0.15, 0.2) is 30.3 Å². The smallest absolute Gasteiger partial charge is 0.338 e. The standard InChI is InChI=1S/C17H15NO7/c1-24-16-13(20)7-11(17(21)25-2)14-12(18(22)23)5-8-3-4-9(19)6-10(8)15(14)16/h3-7,18-20,22H,1-2H3. The van der Waals surface area contributed by atoms with Gasteiger partial charge in [-0.15, -0.1) is 0 Å². The van der Waals surface area contributed by atoms with Gasteiger partial charge in [-0.3, -0.25) is 0 Å². The van der Waals surface area contributed by atoms with Crippen LogP contribution in [0, 0.1) is 5.21 Å². The number of phenols is 2. The number of carbonyl (C=O) groups is 1. The summed E-state index contributed by atoms with van der Waals surface area (Å²) in [7, 11) is 2.47. The zero-order chi connectivity index (χ0) is 18.3. The lowest BCUT2D eigenvalue weighted by Gasteiger charge is -2.19. The molecule has 0 fully saturated rings. The summed E-state index contributed by atoms with van der Waals surface area (Å²) < 4.78 is 9.94. The van der Waals surface area contributed by atoms with Crippen molar-refractivity contribution in [1.82, 2.24) is 0 Å². The van der Waals surface area contributed by atoms with E-state index in [1.54, 1.807) is 0 Å². The monoisotopic (exact) mass is 345 g/mol. The fourth-order valence-electron chi connectivity index (χ4n) is 2.95. The third kappa shape index (κ3) is 2.58. The molecule has 0 saturated heterocycles. The fourth-order valence-corrected chi connectivity index (χ4v) is 2.95. The van der Waals surface area contributed by atoms with E-state index in [9.17, 15) is 25.4 Å². The Morgan fingerprint density at radius 3 is 2.44 bits per heavy atom. The number of carbonyl (C=O) groups excluding carboxylic acids is 1. The van der Waals surface area contributed by atoms with Crippen LogP contribution in [0.25, 0.3) is 21.5 Å². The summed E-state index contributed by atoms with van der Waals surface area (Å²) in [5, 5.41) is 41.4. The van der Waals surface area contributed by atoms with E-state index in [1.807, 2.05) is 0 Å². The third-order valence-corrected chi connectivity index (χ3v) is 3.98. The van der Waals surface area contributed by atoms with Crippen LogP contribution in [0.4, 0.5) is 5.69 Å². The van der Waals surface area contributed by atoms with Crippen molar-refractivity contribution in [3.8, 4) is 17.2 Å². The van der Waals surface area contributed by atoms with Crippen molar-refractivity contribution in [2.24, 2.45) is 0 Å². The maximum absolute atomic E-state index is 12.1. The number of fused-ring (bicyclic) bond motifs is 3. The van der Waals surface area contributed by atoms with E-state index >= 15 is 0 Å². The summed E-state index contributed by atoms with van der Waals surface area (Å²) in [5.41, 5.74) is -0.259. The molecule has 3 aromatic carbocycles. The van der Waals surface area contributed by atoms with E-state index in [0.717, 1.165) is 13.2 Å². The molecule has 0 heterocycles. The Morgan fingerprint density at radius 1 is 1.12 bits per heavy atom. The maximum Gasteiger partial charge on any atom is 0.338 e. The number of methoxy groups -OCH3 is 2. The van der Waals surface area contributed by atoms with E-state index in [0.29, 0.717) is 10.8 Å². The first-order chi connectivity index (χ1) is 11.9. The average Bonchev–Trinajstić information content (AvgIpc) is 2.59. The van der Waals surface area contributed by atoms with Crippen LogP contribution in [-0.2, 0) is 4.74 Å². The summed E-state index contributed by atoms with van der Waals surface area (Å²) in [5.74, 6) is -1.20. The van der Waals surface area contributed by atoms with Crippen molar-refractivity contribution >= 4 is 33.2 Å². The number of hydrogen-bond acceptors (Lipinski definition) is 7. The fraction of sp³-hybridized carbons (Fsp3) is 0.118. The molecule has 0 aliphatic carbocycles. The van der Waals surface area contributed by atoms with Crippen LogP contribution in [-0.4, -0.2) is 35.6 Å². The molecule has 0 aromatic heterocycles. The van der Waals surface area contributed by atoms with Gasteiger partial charge in [0.1, 0.15) is 5.75 Å². The average molecular weight is 345 g/mol. The van der Waals surface area contributed by atoms with Crippen LogP contribution in [0.5, 0.6) is 17.2 Å². The summed E-state index contributed by atoms with van der Waals surface area (Å²) in [6.07, 6.45) is 0. The molecule has 0 spiro atoms. The molecular formula is C17H15NO7. The Balaban J connectivity index is 2.67. The quantitative estimate of drug-likeness (QED) is 0.323. The van der Waals surface area contributed by atoms with Crippen LogP contribution in [0.1, 0.15) is 10.4 Å². The molecule has 0 radical (unpaired) electrons. The first kappa shape index (κ1) is 16.8. The molecule has 0 amide bonds. The SMILES string of the molecule is COC(=O)c1cc(O)c(OC)c2c1c([NH+]([O-])O)cc1ccc(O)cc12. The Morgan fingerprint density at radius 2 is 1.84 bits per heavy atom. The van der Waals surface area contributed by atoms with Gasteiger partial charge in [-0.2, -0.15) is 5.23 Å². The van der Waals surface area contributed by atoms with Crippen molar-refractivity contribution in [2.45, 2.75) is 0 Å². The Bertz CT molecular complexity index is 998. The normalized spacial score (nSPS) is 12.3. The highest BCUT2D eigenvalue weighted by molar-refractivity contribution is 6.21. The van der Waals surface area contributed by atoms with Gasteiger partial charge in [0, 0.05) is 11.5 Å². The zero-order valence-electron chi connectivity index (χ0n) is 13.4. The predicted molar refractivity (Wildman–Crippen MR) is 88.5 cm³/mol. The van der Waals surface area contributed by atoms with Crippen molar-refractivity contribution in [3.05, 3.63) is 41.1 Å². The van der Waals surface area contributed by atoms with Gasteiger partial charge in [-0.1, -0.05) is 6.07 Å². The van der Waals surface area contributed by atoms with Gasteiger partial charge in [0.15, 0.2) is 17.2 Å². The Kier molecular flexibility index (Phi) is 4.09. The maximum atomic E-state index is 12.1. The van der Waals surface area contributed by atoms with Crippen LogP contribution >= 0.6 is 0 Å². The molecule has 0 bridgehead atoms. The van der Waals surface area contributed by atoms with Gasteiger partial charge in [-0.05, 0) is 29.0 Å². The highest BCUT2D eigenvalue weighted by Gasteiger charge is 2.25. The van der Waals surface area contributed by atoms with Crippen molar-refractivity contribution in [2.75, 3.05) is 14.2 Å². The molecule has 1 atom stereocenters. The molecule has 0 saturated carbocycles. The predicted octanol–water partition coefficient (Wildman–Crippen LogP) is 1.60. The van der Waals surface area contributed by atoms with E-state index < -0.39 is 11.2 Å². The van der Waals surface area contributed by atoms with Crippen molar-refractivity contribution in [3.63, 3.8) is 0 Å². The number of phenolic OH excluding ortho intramolecular Hbond substituents is 2. The first-order valence-electron chi connectivity index (χ1n) is 7.20. The summed E-state index contributed by atoms with van der Waals surface area (Å²) in [6, 6.07) is 6.86. The minimum Gasteiger partial charge on any atom is -0.595 e. The number of ether oxygens (including phenoxy) is 2. The number of aromatic hydroxyl groups is 2. The number of esters is 1. The molecule has 0 aliphatic heterocycles. The van der Waals surface area contributed by atoms with Crippen molar-refractivity contribution < 1.29 is 34.9 Å². The lowest BCUT2D eigenvalue weighted by molar-refractivity contribution is -0.990. The molecule has 0 aliphatic rings. The second-order valence-corrected chi connectivity index (χ2v) is 5.35. The van der Waals surface area contributed by atoms with Crippen LogP contribution < -0.4 is 9.96 Å². The van der Waals surface area contributed by atoms with Crippen molar-refractivity contribution in [1.29, 1.82) is 0 Å². The molecule has 3 aromatic rings. The Hall–Kier alpha value is -3.07. The minimum atomic E-state index is -1.25. The second kappa shape index (κ2) is 6.10. The molecule has 25 heavy (non-hydrogen) atoms. The summed E-state index contributed by atoms with van der Waals surface area (Å²) >= 11 is 0. The number of nitrogens with one attached hydrogen (secondary N) is 1.